The van der Waals surface area contributed by atoms with Gasteiger partial charge in [-0.15, -0.1) is 0 Å². The first kappa shape index (κ1) is 23.0. The number of nitrogens with zero attached hydrogens (tertiary/aromatic N) is 4. The molecular formula is C23H29ClN4O3. The van der Waals surface area contributed by atoms with E-state index in [0.717, 1.165) is 35.3 Å². The lowest BCUT2D eigenvalue weighted by Crippen LogP contribution is -2.42. The zero-order chi connectivity index (χ0) is 22.8. The number of ether oxygens (including phenoxy) is 1. The second-order valence-corrected chi connectivity index (χ2v) is 9.15. The summed E-state index contributed by atoms with van der Waals surface area (Å²) >= 11 is 6.04. The Balaban J connectivity index is 1.86. The van der Waals surface area contributed by atoms with Gasteiger partial charge in [0.25, 0.3) is 0 Å². The van der Waals surface area contributed by atoms with Crippen LogP contribution in [0.5, 0.6) is 0 Å². The maximum Gasteiger partial charge on any atom is 0.414 e. The number of carbonyl (C=O) groups is 2. The average Bonchev–Trinajstić information content (AvgIpc) is 2.72. The molecular weight excluding hydrogens is 416 g/mol. The fraction of sp³-hybridized carbons (Fsp3) is 0.435. The van der Waals surface area contributed by atoms with E-state index in [1.807, 2.05) is 52.1 Å². The molecule has 0 N–H and O–H groups in total. The van der Waals surface area contributed by atoms with Crippen molar-refractivity contribution >= 4 is 35.5 Å². The number of benzene rings is 1. The lowest BCUT2D eigenvalue weighted by Gasteiger charge is -2.39. The van der Waals surface area contributed by atoms with Gasteiger partial charge in [0.2, 0.25) is 6.41 Å². The molecule has 0 saturated carbocycles. The lowest BCUT2D eigenvalue weighted by molar-refractivity contribution is -0.107. The van der Waals surface area contributed by atoms with Crippen LogP contribution in [0.3, 0.4) is 0 Å². The fourth-order valence-corrected chi connectivity index (χ4v) is 3.99. The standard InChI is InChI=1S/C23H29ClN4O3/c1-23(2,3)31-22(30)28-11-10-18(17-8-6-7-9-19(17)28)26(4)14-16-13-25-21(24)12-20(16)27(5)15-29/h6-9,12-13,15,18H,10-11,14H2,1-5H3. The van der Waals surface area contributed by atoms with Gasteiger partial charge in [0.05, 0.1) is 11.4 Å². The van der Waals surface area contributed by atoms with E-state index in [2.05, 4.69) is 9.88 Å². The highest BCUT2D eigenvalue weighted by atomic mass is 35.5. The minimum absolute atomic E-state index is 0.0972. The van der Waals surface area contributed by atoms with Crippen LogP contribution in [0.4, 0.5) is 16.2 Å². The molecule has 1 aliphatic rings. The molecule has 1 unspecified atom stereocenters. The topological polar surface area (TPSA) is 66.0 Å². The minimum Gasteiger partial charge on any atom is -0.443 e. The van der Waals surface area contributed by atoms with Crippen molar-refractivity contribution in [2.75, 3.05) is 30.4 Å². The molecule has 0 spiro atoms. The van der Waals surface area contributed by atoms with Crippen LogP contribution in [0.2, 0.25) is 5.15 Å². The summed E-state index contributed by atoms with van der Waals surface area (Å²) in [6.45, 7) is 6.73. The number of carbonyl (C=O) groups excluding carboxylic acids is 2. The lowest BCUT2D eigenvalue weighted by atomic mass is 9.95. The third-order valence-electron chi connectivity index (χ3n) is 5.25. The maximum absolute atomic E-state index is 12.8. The molecule has 0 radical (unpaired) electrons. The van der Waals surface area contributed by atoms with E-state index in [1.165, 1.54) is 4.90 Å². The Morgan fingerprint density at radius 1 is 1.32 bits per heavy atom. The molecule has 2 heterocycles. The van der Waals surface area contributed by atoms with E-state index in [0.29, 0.717) is 18.2 Å². The zero-order valence-electron chi connectivity index (χ0n) is 18.6. The summed E-state index contributed by atoms with van der Waals surface area (Å²) in [7, 11) is 3.72. The molecule has 3 rings (SSSR count). The van der Waals surface area contributed by atoms with Gasteiger partial charge in [0, 0.05) is 37.9 Å². The quantitative estimate of drug-likeness (QED) is 0.496. The number of para-hydroxylation sites is 1. The van der Waals surface area contributed by atoms with Crippen LogP contribution in [-0.2, 0) is 16.1 Å². The van der Waals surface area contributed by atoms with Gasteiger partial charge in [-0.3, -0.25) is 14.6 Å². The molecule has 31 heavy (non-hydrogen) atoms. The normalized spacial score (nSPS) is 16.1. The highest BCUT2D eigenvalue weighted by Gasteiger charge is 2.33. The number of amides is 2. The molecule has 1 aromatic heterocycles. The van der Waals surface area contributed by atoms with Gasteiger partial charge < -0.3 is 9.64 Å². The predicted molar refractivity (Wildman–Crippen MR) is 123 cm³/mol. The number of rotatable bonds is 5. The van der Waals surface area contributed by atoms with Gasteiger partial charge in [-0.05, 0) is 51.9 Å². The van der Waals surface area contributed by atoms with Crippen LogP contribution >= 0.6 is 11.6 Å². The molecule has 8 heteroatoms. The Morgan fingerprint density at radius 2 is 2.03 bits per heavy atom. The zero-order valence-corrected chi connectivity index (χ0v) is 19.4. The summed E-state index contributed by atoms with van der Waals surface area (Å²) in [6.07, 6.45) is 2.88. The summed E-state index contributed by atoms with van der Waals surface area (Å²) in [5.74, 6) is 0. The molecule has 1 aliphatic heterocycles. The molecule has 166 valence electrons. The highest BCUT2D eigenvalue weighted by Crippen LogP contribution is 2.38. The number of aromatic nitrogens is 1. The Hall–Kier alpha value is -2.64. The summed E-state index contributed by atoms with van der Waals surface area (Å²) in [4.78, 5) is 33.7. The molecule has 0 aliphatic carbocycles. The summed E-state index contributed by atoms with van der Waals surface area (Å²) in [6, 6.07) is 9.70. The van der Waals surface area contributed by atoms with E-state index >= 15 is 0 Å². The molecule has 0 bridgehead atoms. The van der Waals surface area contributed by atoms with Crippen molar-refractivity contribution < 1.29 is 14.3 Å². The van der Waals surface area contributed by atoms with E-state index in [4.69, 9.17) is 16.3 Å². The first-order valence-corrected chi connectivity index (χ1v) is 10.6. The molecule has 2 amide bonds. The summed E-state index contributed by atoms with van der Waals surface area (Å²) in [5.41, 5.74) is 2.99. The number of fused-ring (bicyclic) bond motifs is 1. The number of pyridine rings is 1. The van der Waals surface area contributed by atoms with Crippen LogP contribution in [-0.4, -0.2) is 48.6 Å². The van der Waals surface area contributed by atoms with Gasteiger partial charge >= 0.3 is 6.09 Å². The largest absolute Gasteiger partial charge is 0.443 e. The van der Waals surface area contributed by atoms with Gasteiger partial charge in [0.1, 0.15) is 10.8 Å². The van der Waals surface area contributed by atoms with Crippen molar-refractivity contribution in [2.24, 2.45) is 0 Å². The van der Waals surface area contributed by atoms with E-state index in [-0.39, 0.29) is 12.1 Å². The smallest absolute Gasteiger partial charge is 0.414 e. The number of halogens is 1. The first-order valence-electron chi connectivity index (χ1n) is 10.2. The number of hydrogen-bond acceptors (Lipinski definition) is 5. The number of hydrogen-bond donors (Lipinski definition) is 0. The van der Waals surface area contributed by atoms with Crippen LogP contribution in [0, 0.1) is 0 Å². The van der Waals surface area contributed by atoms with Crippen molar-refractivity contribution in [1.82, 2.24) is 9.88 Å². The Morgan fingerprint density at radius 3 is 2.71 bits per heavy atom. The van der Waals surface area contributed by atoms with Crippen molar-refractivity contribution in [3.05, 3.63) is 52.8 Å². The van der Waals surface area contributed by atoms with Crippen molar-refractivity contribution in [2.45, 2.75) is 45.4 Å². The SMILES string of the molecule is CN(C=O)c1cc(Cl)ncc1CN(C)C1CCN(C(=O)OC(C)(C)C)c2ccccc21. The second-order valence-electron chi connectivity index (χ2n) is 8.76. The van der Waals surface area contributed by atoms with Crippen LogP contribution in [0.15, 0.2) is 36.5 Å². The molecule has 0 fully saturated rings. The van der Waals surface area contributed by atoms with Crippen LogP contribution in [0.25, 0.3) is 0 Å². The van der Waals surface area contributed by atoms with E-state index < -0.39 is 5.60 Å². The summed E-state index contributed by atoms with van der Waals surface area (Å²) < 4.78 is 5.61. The number of anilines is 2. The minimum atomic E-state index is -0.553. The first-order chi connectivity index (χ1) is 14.6. The van der Waals surface area contributed by atoms with Crippen molar-refractivity contribution in [1.29, 1.82) is 0 Å². The highest BCUT2D eigenvalue weighted by molar-refractivity contribution is 6.29. The van der Waals surface area contributed by atoms with Crippen molar-refractivity contribution in [3.8, 4) is 0 Å². The fourth-order valence-electron chi connectivity index (χ4n) is 3.84. The van der Waals surface area contributed by atoms with Crippen LogP contribution in [0.1, 0.15) is 44.4 Å². The van der Waals surface area contributed by atoms with Crippen LogP contribution < -0.4 is 9.80 Å². The van der Waals surface area contributed by atoms with E-state index in [1.54, 1.807) is 24.2 Å². The Labute approximate surface area is 188 Å². The average molecular weight is 445 g/mol. The molecule has 0 saturated heterocycles. The summed E-state index contributed by atoms with van der Waals surface area (Å²) in [5, 5.41) is 0.339. The molecule has 2 aromatic rings. The van der Waals surface area contributed by atoms with E-state index in [9.17, 15) is 9.59 Å². The molecule has 7 nitrogen and oxygen atoms in total. The van der Waals surface area contributed by atoms with Gasteiger partial charge in [-0.1, -0.05) is 29.8 Å². The third kappa shape index (κ3) is 5.35. The van der Waals surface area contributed by atoms with Crippen molar-refractivity contribution in [3.63, 3.8) is 0 Å². The van der Waals surface area contributed by atoms with Gasteiger partial charge in [-0.2, -0.15) is 0 Å². The monoisotopic (exact) mass is 444 g/mol. The predicted octanol–water partition coefficient (Wildman–Crippen LogP) is 4.65. The van der Waals surface area contributed by atoms with Gasteiger partial charge in [0.15, 0.2) is 0 Å². The molecule has 1 aromatic carbocycles. The Bertz CT molecular complexity index is 960. The van der Waals surface area contributed by atoms with Gasteiger partial charge in [-0.25, -0.2) is 9.78 Å². The maximum atomic E-state index is 12.8. The second kappa shape index (κ2) is 9.24. The Kier molecular flexibility index (Phi) is 6.86. The third-order valence-corrected chi connectivity index (χ3v) is 5.45. The molecule has 1 atom stereocenters.